The molecule has 0 radical (unpaired) electrons. The standard InChI is InChI=1S/C26H24ClN3O2S/c1-14-9-10-15(2)23(11-14)29-16(3)12-19(18(29)5)13-20-24(31)28-26(33)30(25(20)32)22-8-6-7-21(27)17(22)4/h6-13H,1-5H3,(H,28,31,33)/b20-13+. The fourth-order valence-electron chi connectivity index (χ4n) is 4.13. The number of aryl methyl sites for hydroxylation is 3. The van der Waals surface area contributed by atoms with Gasteiger partial charge in [-0.3, -0.25) is 19.8 Å². The fraction of sp³-hybridized carbons (Fsp3) is 0.192. The minimum atomic E-state index is -0.516. The van der Waals surface area contributed by atoms with Crippen molar-refractivity contribution in [1.82, 2.24) is 9.88 Å². The van der Waals surface area contributed by atoms with Crippen LogP contribution < -0.4 is 10.2 Å². The molecule has 1 fully saturated rings. The Labute approximate surface area is 203 Å². The summed E-state index contributed by atoms with van der Waals surface area (Å²) in [6.45, 7) is 9.92. The van der Waals surface area contributed by atoms with Gasteiger partial charge in [-0.2, -0.15) is 0 Å². The van der Waals surface area contributed by atoms with Crippen LogP contribution in [0.4, 0.5) is 5.69 Å². The van der Waals surface area contributed by atoms with Crippen LogP contribution in [-0.4, -0.2) is 21.5 Å². The van der Waals surface area contributed by atoms with Crippen molar-refractivity contribution in [1.29, 1.82) is 0 Å². The zero-order chi connectivity index (χ0) is 24.0. The zero-order valence-electron chi connectivity index (χ0n) is 19.1. The molecular formula is C26H24ClN3O2S. The van der Waals surface area contributed by atoms with E-state index in [4.69, 9.17) is 23.8 Å². The van der Waals surface area contributed by atoms with E-state index in [1.807, 2.05) is 26.8 Å². The van der Waals surface area contributed by atoms with Crippen molar-refractivity contribution in [2.45, 2.75) is 34.6 Å². The van der Waals surface area contributed by atoms with E-state index in [1.54, 1.807) is 24.3 Å². The monoisotopic (exact) mass is 477 g/mol. The molecule has 1 aliphatic heterocycles. The van der Waals surface area contributed by atoms with E-state index in [0.29, 0.717) is 16.3 Å². The maximum absolute atomic E-state index is 13.4. The van der Waals surface area contributed by atoms with E-state index >= 15 is 0 Å². The number of anilines is 1. The van der Waals surface area contributed by atoms with Gasteiger partial charge in [-0.15, -0.1) is 0 Å². The molecule has 2 aromatic carbocycles. The van der Waals surface area contributed by atoms with Crippen molar-refractivity contribution in [3.05, 3.63) is 86.7 Å². The Kier molecular flexibility index (Phi) is 5.99. The van der Waals surface area contributed by atoms with Crippen LogP contribution in [0.5, 0.6) is 0 Å². The highest BCUT2D eigenvalue weighted by Crippen LogP contribution is 2.31. The molecule has 1 aliphatic rings. The van der Waals surface area contributed by atoms with Crippen molar-refractivity contribution in [3.63, 3.8) is 0 Å². The minimum Gasteiger partial charge on any atom is -0.318 e. The SMILES string of the molecule is Cc1ccc(C)c(-n2c(C)cc(/C=C3\C(=O)NC(=S)N(c4cccc(Cl)c4C)C3=O)c2C)c1. The Morgan fingerprint density at radius 1 is 0.970 bits per heavy atom. The summed E-state index contributed by atoms with van der Waals surface area (Å²) in [4.78, 5) is 27.5. The molecular weight excluding hydrogens is 454 g/mol. The molecule has 0 unspecified atom stereocenters. The van der Waals surface area contributed by atoms with Gasteiger partial charge < -0.3 is 4.57 Å². The third-order valence-corrected chi connectivity index (χ3v) is 6.65. The lowest BCUT2D eigenvalue weighted by Crippen LogP contribution is -2.54. The number of aromatic nitrogens is 1. The van der Waals surface area contributed by atoms with E-state index < -0.39 is 11.8 Å². The van der Waals surface area contributed by atoms with Crippen LogP contribution in [0.15, 0.2) is 48.0 Å². The van der Waals surface area contributed by atoms with E-state index in [0.717, 1.165) is 33.8 Å². The highest BCUT2D eigenvalue weighted by Gasteiger charge is 2.35. The second-order valence-electron chi connectivity index (χ2n) is 8.29. The molecule has 7 heteroatoms. The van der Waals surface area contributed by atoms with Gasteiger partial charge in [0.15, 0.2) is 5.11 Å². The van der Waals surface area contributed by atoms with Gasteiger partial charge in [-0.25, -0.2) is 0 Å². The van der Waals surface area contributed by atoms with Gasteiger partial charge >= 0.3 is 0 Å². The summed E-state index contributed by atoms with van der Waals surface area (Å²) in [5.74, 6) is -0.997. The molecule has 2 amide bonds. The van der Waals surface area contributed by atoms with Crippen LogP contribution in [0.3, 0.4) is 0 Å². The Balaban J connectivity index is 1.81. The largest absolute Gasteiger partial charge is 0.318 e. The first-order chi connectivity index (χ1) is 15.6. The van der Waals surface area contributed by atoms with Gasteiger partial charge in [-0.1, -0.05) is 29.8 Å². The first-order valence-electron chi connectivity index (χ1n) is 10.5. The molecule has 168 valence electrons. The zero-order valence-corrected chi connectivity index (χ0v) is 20.7. The van der Waals surface area contributed by atoms with Crippen molar-refractivity contribution in [2.24, 2.45) is 0 Å². The molecule has 1 N–H and O–H groups in total. The predicted octanol–water partition coefficient (Wildman–Crippen LogP) is 5.50. The quantitative estimate of drug-likeness (QED) is 0.307. The Morgan fingerprint density at radius 3 is 2.42 bits per heavy atom. The summed E-state index contributed by atoms with van der Waals surface area (Å²) >= 11 is 11.6. The number of nitrogens with one attached hydrogen (secondary N) is 1. The van der Waals surface area contributed by atoms with Crippen molar-refractivity contribution in [3.8, 4) is 5.69 Å². The van der Waals surface area contributed by atoms with Crippen molar-refractivity contribution >= 4 is 52.5 Å². The molecule has 0 spiro atoms. The second-order valence-corrected chi connectivity index (χ2v) is 9.09. The normalized spacial score (nSPS) is 15.4. The first kappa shape index (κ1) is 23.0. The third-order valence-electron chi connectivity index (χ3n) is 5.96. The van der Waals surface area contributed by atoms with Crippen LogP contribution in [-0.2, 0) is 9.59 Å². The van der Waals surface area contributed by atoms with Crippen LogP contribution >= 0.6 is 23.8 Å². The van der Waals surface area contributed by atoms with E-state index in [-0.39, 0.29) is 10.7 Å². The number of carbonyl (C=O) groups is 2. The number of hydrogen-bond donors (Lipinski definition) is 1. The van der Waals surface area contributed by atoms with Crippen LogP contribution in [0.25, 0.3) is 11.8 Å². The van der Waals surface area contributed by atoms with Crippen molar-refractivity contribution in [2.75, 3.05) is 4.90 Å². The summed E-state index contributed by atoms with van der Waals surface area (Å²) < 4.78 is 2.14. The molecule has 0 atom stereocenters. The lowest BCUT2D eigenvalue weighted by Gasteiger charge is -2.30. The van der Waals surface area contributed by atoms with Crippen LogP contribution in [0, 0.1) is 34.6 Å². The number of halogens is 1. The van der Waals surface area contributed by atoms with Gasteiger partial charge in [-0.05, 0) is 99.4 Å². The summed E-state index contributed by atoms with van der Waals surface area (Å²) in [5, 5.41) is 3.20. The minimum absolute atomic E-state index is 0.0178. The summed E-state index contributed by atoms with van der Waals surface area (Å²) in [7, 11) is 0. The third kappa shape index (κ3) is 4.01. The van der Waals surface area contributed by atoms with Gasteiger partial charge in [0.1, 0.15) is 5.57 Å². The highest BCUT2D eigenvalue weighted by molar-refractivity contribution is 7.80. The number of carbonyl (C=O) groups excluding carboxylic acids is 2. The Bertz CT molecular complexity index is 1370. The molecule has 0 aliphatic carbocycles. The number of nitrogens with zero attached hydrogens (tertiary/aromatic N) is 2. The number of rotatable bonds is 3. The van der Waals surface area contributed by atoms with Crippen LogP contribution in [0.2, 0.25) is 5.02 Å². The van der Waals surface area contributed by atoms with Crippen molar-refractivity contribution < 1.29 is 9.59 Å². The van der Waals surface area contributed by atoms with Gasteiger partial charge in [0, 0.05) is 22.1 Å². The Morgan fingerprint density at radius 2 is 1.70 bits per heavy atom. The smallest absolute Gasteiger partial charge is 0.270 e. The summed E-state index contributed by atoms with van der Waals surface area (Å²) in [6, 6.07) is 13.5. The molecule has 33 heavy (non-hydrogen) atoms. The first-order valence-corrected chi connectivity index (χ1v) is 11.3. The number of benzene rings is 2. The van der Waals surface area contributed by atoms with Gasteiger partial charge in [0.25, 0.3) is 11.8 Å². The second kappa shape index (κ2) is 8.61. The average molecular weight is 478 g/mol. The number of amides is 2. The average Bonchev–Trinajstić information content (AvgIpc) is 3.03. The molecule has 0 bridgehead atoms. The summed E-state index contributed by atoms with van der Waals surface area (Å²) in [5.41, 5.74) is 7.38. The fourth-order valence-corrected chi connectivity index (χ4v) is 4.58. The molecule has 1 aromatic heterocycles. The predicted molar refractivity (Wildman–Crippen MR) is 137 cm³/mol. The van der Waals surface area contributed by atoms with E-state index in [9.17, 15) is 9.59 Å². The number of thiocarbonyl (C=S) groups is 1. The topological polar surface area (TPSA) is 54.3 Å². The van der Waals surface area contributed by atoms with Gasteiger partial charge in [0.2, 0.25) is 0 Å². The molecule has 2 heterocycles. The van der Waals surface area contributed by atoms with E-state index in [1.165, 1.54) is 4.90 Å². The lowest BCUT2D eigenvalue weighted by molar-refractivity contribution is -0.122. The molecule has 1 saturated heterocycles. The lowest BCUT2D eigenvalue weighted by atomic mass is 10.1. The Hall–Kier alpha value is -3.22. The maximum atomic E-state index is 13.4. The number of hydrogen-bond acceptors (Lipinski definition) is 3. The molecule has 5 nitrogen and oxygen atoms in total. The molecule has 3 aromatic rings. The van der Waals surface area contributed by atoms with Gasteiger partial charge in [0.05, 0.1) is 5.69 Å². The summed E-state index contributed by atoms with van der Waals surface area (Å²) in [6.07, 6.45) is 1.64. The highest BCUT2D eigenvalue weighted by atomic mass is 35.5. The molecule has 4 rings (SSSR count). The van der Waals surface area contributed by atoms with E-state index in [2.05, 4.69) is 41.9 Å². The maximum Gasteiger partial charge on any atom is 0.270 e. The molecule has 0 saturated carbocycles. The van der Waals surface area contributed by atoms with Crippen LogP contribution in [0.1, 0.15) is 33.6 Å².